The van der Waals surface area contributed by atoms with E-state index in [1.807, 2.05) is 12.1 Å². The first kappa shape index (κ1) is 17.0. The minimum absolute atomic E-state index is 0.310. The molecule has 0 aliphatic carbocycles. The second-order valence-electron chi connectivity index (χ2n) is 4.54. The fourth-order valence-corrected chi connectivity index (χ4v) is 1.54. The van der Waals surface area contributed by atoms with Crippen LogP contribution in [0.2, 0.25) is 0 Å². The molecule has 0 saturated heterocycles. The summed E-state index contributed by atoms with van der Waals surface area (Å²) in [5.41, 5.74) is 0.852. The number of ether oxygens (including phenoxy) is 2. The summed E-state index contributed by atoms with van der Waals surface area (Å²) in [5.74, 6) is 0. The summed E-state index contributed by atoms with van der Waals surface area (Å²) in [7, 11) is 0. The van der Waals surface area contributed by atoms with Crippen LogP contribution in [0.1, 0.15) is 25.5 Å². The van der Waals surface area contributed by atoms with Gasteiger partial charge in [-0.1, -0.05) is 13.3 Å². The molecule has 0 fully saturated rings. The highest BCUT2D eigenvalue weighted by atomic mass is 16.5. The zero-order valence-corrected chi connectivity index (χ0v) is 12.1. The highest BCUT2D eigenvalue weighted by Gasteiger charge is 2.04. The molecule has 1 heterocycles. The third-order valence-corrected chi connectivity index (χ3v) is 2.64. The van der Waals surface area contributed by atoms with Gasteiger partial charge in [-0.3, -0.25) is 0 Å². The number of rotatable bonds is 12. The van der Waals surface area contributed by atoms with Crippen molar-refractivity contribution in [2.24, 2.45) is 0 Å². The Morgan fingerprint density at radius 2 is 2.15 bits per heavy atom. The van der Waals surface area contributed by atoms with Crippen LogP contribution in [-0.2, 0) is 16.0 Å². The van der Waals surface area contributed by atoms with E-state index in [1.165, 1.54) is 0 Å². The molecule has 0 radical (unpaired) electrons. The molecule has 0 spiro atoms. The fourth-order valence-electron chi connectivity index (χ4n) is 1.54. The number of aliphatic hydroxyl groups is 1. The van der Waals surface area contributed by atoms with Crippen LogP contribution in [-0.4, -0.2) is 54.4 Å². The summed E-state index contributed by atoms with van der Waals surface area (Å²) in [6, 6.07) is 3.72. The minimum Gasteiger partial charge on any atom is -0.389 e. The Morgan fingerprint density at radius 1 is 1.30 bits per heavy atom. The number of aromatic nitrogens is 2. The first-order chi connectivity index (χ1) is 9.83. The normalized spacial score (nSPS) is 12.5. The first-order valence-corrected chi connectivity index (χ1v) is 7.13. The Labute approximate surface area is 120 Å². The van der Waals surface area contributed by atoms with Gasteiger partial charge in [0.05, 0.1) is 31.6 Å². The molecule has 1 aromatic heterocycles. The molecule has 114 valence electrons. The zero-order valence-electron chi connectivity index (χ0n) is 12.1. The van der Waals surface area contributed by atoms with Crippen molar-refractivity contribution in [3.8, 4) is 0 Å². The van der Waals surface area contributed by atoms with E-state index in [9.17, 15) is 5.11 Å². The van der Waals surface area contributed by atoms with E-state index in [1.54, 1.807) is 6.20 Å². The lowest BCUT2D eigenvalue weighted by atomic mass is 10.3. The standard InChI is InChI=1S/C14H25N3O3/c1-2-3-7-19-8-9-20-12-14(18)11-15-10-13-5-4-6-16-17-13/h4-6,14-15,18H,2-3,7-12H2,1H3. The van der Waals surface area contributed by atoms with Gasteiger partial charge in [-0.05, 0) is 18.6 Å². The fraction of sp³-hybridized carbons (Fsp3) is 0.714. The molecule has 2 N–H and O–H groups in total. The Morgan fingerprint density at radius 3 is 2.90 bits per heavy atom. The maximum absolute atomic E-state index is 9.70. The molecule has 0 aromatic carbocycles. The number of nitrogens with zero attached hydrogens (tertiary/aromatic N) is 2. The molecule has 0 saturated carbocycles. The van der Waals surface area contributed by atoms with Crippen LogP contribution in [0, 0.1) is 0 Å². The number of hydrogen-bond donors (Lipinski definition) is 2. The lowest BCUT2D eigenvalue weighted by Gasteiger charge is -2.12. The molecular weight excluding hydrogens is 258 g/mol. The van der Waals surface area contributed by atoms with Crippen LogP contribution in [0.5, 0.6) is 0 Å². The van der Waals surface area contributed by atoms with Gasteiger partial charge < -0.3 is 19.9 Å². The molecule has 0 bridgehead atoms. The Kier molecular flexibility index (Phi) is 9.95. The lowest BCUT2D eigenvalue weighted by Crippen LogP contribution is -2.30. The van der Waals surface area contributed by atoms with Gasteiger partial charge in [0.1, 0.15) is 0 Å². The highest BCUT2D eigenvalue weighted by Crippen LogP contribution is 1.91. The monoisotopic (exact) mass is 283 g/mol. The number of nitrogens with one attached hydrogen (secondary N) is 1. The summed E-state index contributed by atoms with van der Waals surface area (Å²) < 4.78 is 10.7. The van der Waals surface area contributed by atoms with Crippen molar-refractivity contribution in [3.63, 3.8) is 0 Å². The Bertz CT molecular complexity index is 325. The van der Waals surface area contributed by atoms with Crippen LogP contribution in [0.4, 0.5) is 0 Å². The van der Waals surface area contributed by atoms with Crippen molar-refractivity contribution in [2.75, 3.05) is 33.0 Å². The quantitative estimate of drug-likeness (QED) is 0.552. The van der Waals surface area contributed by atoms with Crippen LogP contribution in [0.25, 0.3) is 0 Å². The van der Waals surface area contributed by atoms with Crippen molar-refractivity contribution in [3.05, 3.63) is 24.0 Å². The number of hydrogen-bond acceptors (Lipinski definition) is 6. The van der Waals surface area contributed by atoms with Gasteiger partial charge in [-0.15, -0.1) is 0 Å². The summed E-state index contributed by atoms with van der Waals surface area (Å²) in [6.45, 7) is 5.37. The predicted molar refractivity (Wildman–Crippen MR) is 76.3 cm³/mol. The molecule has 0 amide bonds. The summed E-state index contributed by atoms with van der Waals surface area (Å²) >= 11 is 0. The van der Waals surface area contributed by atoms with Gasteiger partial charge in [0.2, 0.25) is 0 Å². The summed E-state index contributed by atoms with van der Waals surface area (Å²) in [5, 5.41) is 20.5. The van der Waals surface area contributed by atoms with Crippen LogP contribution >= 0.6 is 0 Å². The largest absolute Gasteiger partial charge is 0.389 e. The van der Waals surface area contributed by atoms with E-state index in [0.717, 1.165) is 25.1 Å². The molecule has 1 aromatic rings. The SMILES string of the molecule is CCCCOCCOCC(O)CNCc1cccnn1. The van der Waals surface area contributed by atoms with Gasteiger partial charge in [0.25, 0.3) is 0 Å². The number of aliphatic hydroxyl groups excluding tert-OH is 1. The molecular formula is C14H25N3O3. The average Bonchev–Trinajstić information content (AvgIpc) is 2.47. The van der Waals surface area contributed by atoms with E-state index >= 15 is 0 Å². The van der Waals surface area contributed by atoms with E-state index < -0.39 is 6.10 Å². The second-order valence-corrected chi connectivity index (χ2v) is 4.54. The lowest BCUT2D eigenvalue weighted by molar-refractivity contribution is 0.00383. The number of unbranched alkanes of at least 4 members (excludes halogenated alkanes) is 1. The molecule has 1 atom stereocenters. The third-order valence-electron chi connectivity index (χ3n) is 2.64. The van der Waals surface area contributed by atoms with E-state index in [0.29, 0.717) is 32.9 Å². The molecule has 0 aliphatic rings. The Hall–Kier alpha value is -1.08. The van der Waals surface area contributed by atoms with E-state index in [2.05, 4.69) is 22.4 Å². The van der Waals surface area contributed by atoms with Crippen molar-refractivity contribution in [2.45, 2.75) is 32.4 Å². The third kappa shape index (κ3) is 8.92. The maximum atomic E-state index is 9.70. The topological polar surface area (TPSA) is 76.5 Å². The Balaban J connectivity index is 1.91. The maximum Gasteiger partial charge on any atom is 0.0897 e. The molecule has 1 unspecified atom stereocenters. The van der Waals surface area contributed by atoms with Gasteiger partial charge in [0, 0.05) is 25.9 Å². The molecule has 6 nitrogen and oxygen atoms in total. The molecule has 20 heavy (non-hydrogen) atoms. The zero-order chi connectivity index (χ0) is 14.5. The van der Waals surface area contributed by atoms with E-state index in [4.69, 9.17) is 9.47 Å². The van der Waals surface area contributed by atoms with Gasteiger partial charge in [-0.25, -0.2) is 0 Å². The molecule has 1 rings (SSSR count). The first-order valence-electron chi connectivity index (χ1n) is 7.13. The van der Waals surface area contributed by atoms with Crippen molar-refractivity contribution < 1.29 is 14.6 Å². The van der Waals surface area contributed by atoms with E-state index in [-0.39, 0.29) is 0 Å². The average molecular weight is 283 g/mol. The minimum atomic E-state index is -0.526. The van der Waals surface area contributed by atoms with Crippen molar-refractivity contribution in [1.29, 1.82) is 0 Å². The summed E-state index contributed by atoms with van der Waals surface area (Å²) in [6.07, 6.45) is 3.32. The van der Waals surface area contributed by atoms with Crippen LogP contribution in [0.3, 0.4) is 0 Å². The highest BCUT2D eigenvalue weighted by molar-refractivity contribution is 4.98. The van der Waals surface area contributed by atoms with Crippen LogP contribution < -0.4 is 5.32 Å². The van der Waals surface area contributed by atoms with Crippen molar-refractivity contribution in [1.82, 2.24) is 15.5 Å². The van der Waals surface area contributed by atoms with Gasteiger partial charge in [0.15, 0.2) is 0 Å². The smallest absolute Gasteiger partial charge is 0.0897 e. The molecule has 6 heteroatoms. The van der Waals surface area contributed by atoms with Crippen molar-refractivity contribution >= 4 is 0 Å². The van der Waals surface area contributed by atoms with Crippen LogP contribution in [0.15, 0.2) is 18.3 Å². The molecule has 0 aliphatic heterocycles. The second kappa shape index (κ2) is 11.7. The van der Waals surface area contributed by atoms with Gasteiger partial charge in [-0.2, -0.15) is 10.2 Å². The van der Waals surface area contributed by atoms with Gasteiger partial charge >= 0.3 is 0 Å². The predicted octanol–water partition coefficient (Wildman–Crippen LogP) is 0.760. The summed E-state index contributed by atoms with van der Waals surface area (Å²) in [4.78, 5) is 0.